The monoisotopic (exact) mass is 286 g/mol. The van der Waals surface area contributed by atoms with Crippen LogP contribution in [-0.4, -0.2) is 52.6 Å². The number of carbonyl (C=O) groups excluding carboxylic acids is 1. The summed E-state index contributed by atoms with van der Waals surface area (Å²) in [6, 6.07) is 0.159. The molecule has 0 spiro atoms. The van der Waals surface area contributed by atoms with Crippen LogP contribution in [0.5, 0.6) is 0 Å². The Balaban J connectivity index is 1.83. The summed E-state index contributed by atoms with van der Waals surface area (Å²) < 4.78 is 0. The van der Waals surface area contributed by atoms with Crippen LogP contribution in [0.4, 0.5) is 4.79 Å². The van der Waals surface area contributed by atoms with E-state index in [1.165, 1.54) is 0 Å². The van der Waals surface area contributed by atoms with Crippen LogP contribution in [0.25, 0.3) is 0 Å². The fourth-order valence-electron chi connectivity index (χ4n) is 3.01. The zero-order chi connectivity index (χ0) is 14.0. The lowest BCUT2D eigenvalue weighted by molar-refractivity contribution is -0.142. The van der Waals surface area contributed by atoms with E-state index in [-0.39, 0.29) is 18.0 Å². The molecule has 0 aromatic rings. The van der Waals surface area contributed by atoms with Crippen LogP contribution >= 0.6 is 11.8 Å². The van der Waals surface area contributed by atoms with E-state index in [1.807, 2.05) is 18.7 Å². The molecule has 2 unspecified atom stereocenters. The fourth-order valence-corrected chi connectivity index (χ4v) is 3.80. The fraction of sp³-hybridized carbons (Fsp3) is 0.846. The summed E-state index contributed by atoms with van der Waals surface area (Å²) in [6.45, 7) is 2.77. The lowest BCUT2D eigenvalue weighted by atomic mass is 9.99. The minimum absolute atomic E-state index is 0.0331. The largest absolute Gasteiger partial charge is 0.481 e. The van der Waals surface area contributed by atoms with Crippen LogP contribution in [-0.2, 0) is 4.79 Å². The van der Waals surface area contributed by atoms with Gasteiger partial charge in [-0.25, -0.2) is 4.79 Å². The molecule has 2 N–H and O–H groups in total. The number of likely N-dealkylation sites (tertiary alicyclic amines) is 1. The number of carboxylic acid groups (broad SMARTS) is 1. The van der Waals surface area contributed by atoms with E-state index in [0.717, 1.165) is 19.3 Å². The molecule has 1 saturated carbocycles. The van der Waals surface area contributed by atoms with Crippen LogP contribution in [0.1, 0.15) is 26.2 Å². The van der Waals surface area contributed by atoms with Crippen molar-refractivity contribution in [1.82, 2.24) is 10.2 Å². The number of nitrogens with one attached hydrogen (secondary N) is 1. The van der Waals surface area contributed by atoms with Gasteiger partial charge in [-0.1, -0.05) is 6.92 Å². The number of carboxylic acids is 1. The van der Waals surface area contributed by atoms with Crippen molar-refractivity contribution in [2.24, 2.45) is 11.8 Å². The molecule has 2 amide bonds. The molecule has 0 radical (unpaired) electrons. The van der Waals surface area contributed by atoms with Crippen molar-refractivity contribution in [3.05, 3.63) is 0 Å². The van der Waals surface area contributed by atoms with Gasteiger partial charge in [-0.2, -0.15) is 11.8 Å². The van der Waals surface area contributed by atoms with E-state index >= 15 is 0 Å². The third-order valence-corrected chi connectivity index (χ3v) is 5.36. The van der Waals surface area contributed by atoms with Crippen LogP contribution in [0.3, 0.4) is 0 Å². The van der Waals surface area contributed by atoms with Crippen molar-refractivity contribution < 1.29 is 14.7 Å². The Labute approximate surface area is 118 Å². The normalized spacial score (nSPS) is 34.5. The van der Waals surface area contributed by atoms with Gasteiger partial charge in [0, 0.05) is 24.4 Å². The van der Waals surface area contributed by atoms with E-state index in [4.69, 9.17) is 5.11 Å². The first-order valence-electron chi connectivity index (χ1n) is 6.82. The third kappa shape index (κ3) is 3.35. The van der Waals surface area contributed by atoms with Crippen molar-refractivity contribution >= 4 is 23.8 Å². The maximum Gasteiger partial charge on any atom is 0.317 e. The van der Waals surface area contributed by atoms with E-state index in [2.05, 4.69) is 11.6 Å². The molecular formula is C13H22N2O3S. The van der Waals surface area contributed by atoms with Gasteiger partial charge < -0.3 is 15.3 Å². The summed E-state index contributed by atoms with van der Waals surface area (Å²) in [7, 11) is 0. The van der Waals surface area contributed by atoms with Crippen LogP contribution in [0, 0.1) is 11.8 Å². The Kier molecular flexibility index (Phi) is 4.60. The summed E-state index contributed by atoms with van der Waals surface area (Å²) in [6.07, 6.45) is 5.32. The second-order valence-corrected chi connectivity index (χ2v) is 6.78. The minimum Gasteiger partial charge on any atom is -0.481 e. The molecule has 2 rings (SSSR count). The number of thioether (sulfide) groups is 1. The molecule has 1 heterocycles. The lowest BCUT2D eigenvalue weighted by Crippen LogP contribution is -2.43. The Morgan fingerprint density at radius 1 is 1.32 bits per heavy atom. The zero-order valence-electron chi connectivity index (χ0n) is 11.5. The first-order valence-corrected chi connectivity index (χ1v) is 8.11. The number of hydrogen-bond acceptors (Lipinski definition) is 3. The highest BCUT2D eigenvalue weighted by Crippen LogP contribution is 2.29. The smallest absolute Gasteiger partial charge is 0.317 e. The average Bonchev–Trinajstić information content (AvgIpc) is 2.95. The number of amides is 2. The van der Waals surface area contributed by atoms with E-state index < -0.39 is 11.9 Å². The predicted octanol–water partition coefficient (Wildman–Crippen LogP) is 1.63. The zero-order valence-corrected chi connectivity index (χ0v) is 12.3. The molecule has 19 heavy (non-hydrogen) atoms. The molecule has 5 nitrogen and oxygen atoms in total. The SMILES string of the molecule is CSC1CCC(NC(=O)N2C[C@@H](C)[C@H](C(=O)O)C2)C1. The van der Waals surface area contributed by atoms with Gasteiger partial charge in [-0.15, -0.1) is 0 Å². The number of hydrogen-bond donors (Lipinski definition) is 2. The number of aliphatic carboxylic acids is 1. The lowest BCUT2D eigenvalue weighted by Gasteiger charge is -2.20. The maximum atomic E-state index is 12.1. The molecular weight excluding hydrogens is 264 g/mol. The van der Waals surface area contributed by atoms with Crippen LogP contribution in [0.2, 0.25) is 0 Å². The van der Waals surface area contributed by atoms with Gasteiger partial charge in [-0.05, 0) is 31.4 Å². The first-order chi connectivity index (χ1) is 9.01. The van der Waals surface area contributed by atoms with Gasteiger partial charge in [0.2, 0.25) is 0 Å². The topological polar surface area (TPSA) is 69.6 Å². The molecule has 108 valence electrons. The van der Waals surface area contributed by atoms with Gasteiger partial charge in [0.1, 0.15) is 0 Å². The Hall–Kier alpha value is -0.910. The molecule has 2 aliphatic rings. The number of nitrogens with zero attached hydrogens (tertiary/aromatic N) is 1. The molecule has 1 aliphatic heterocycles. The number of carbonyl (C=O) groups is 2. The van der Waals surface area contributed by atoms with E-state index in [0.29, 0.717) is 18.3 Å². The molecule has 6 heteroatoms. The second kappa shape index (κ2) is 6.03. The van der Waals surface area contributed by atoms with Gasteiger partial charge >= 0.3 is 12.0 Å². The average molecular weight is 286 g/mol. The van der Waals surface area contributed by atoms with Crippen molar-refractivity contribution in [2.75, 3.05) is 19.3 Å². The van der Waals surface area contributed by atoms with E-state index in [1.54, 1.807) is 4.90 Å². The molecule has 4 atom stereocenters. The van der Waals surface area contributed by atoms with Crippen LogP contribution in [0.15, 0.2) is 0 Å². The number of rotatable bonds is 3. The van der Waals surface area contributed by atoms with Gasteiger partial charge in [0.15, 0.2) is 0 Å². The summed E-state index contributed by atoms with van der Waals surface area (Å²) >= 11 is 1.86. The van der Waals surface area contributed by atoms with Crippen molar-refractivity contribution in [1.29, 1.82) is 0 Å². The quantitative estimate of drug-likeness (QED) is 0.827. The summed E-state index contributed by atoms with van der Waals surface area (Å²) in [4.78, 5) is 24.8. The molecule has 2 fully saturated rings. The van der Waals surface area contributed by atoms with Crippen molar-refractivity contribution in [2.45, 2.75) is 37.5 Å². The van der Waals surface area contributed by atoms with Crippen molar-refractivity contribution in [3.8, 4) is 0 Å². The molecule has 1 saturated heterocycles. The maximum absolute atomic E-state index is 12.1. The Bertz CT molecular complexity index is 364. The van der Waals surface area contributed by atoms with Crippen LogP contribution < -0.4 is 5.32 Å². The highest BCUT2D eigenvalue weighted by atomic mass is 32.2. The van der Waals surface area contributed by atoms with Gasteiger partial charge in [0.25, 0.3) is 0 Å². The highest BCUT2D eigenvalue weighted by molar-refractivity contribution is 7.99. The molecule has 1 aliphatic carbocycles. The van der Waals surface area contributed by atoms with E-state index in [9.17, 15) is 9.59 Å². The van der Waals surface area contributed by atoms with Crippen molar-refractivity contribution in [3.63, 3.8) is 0 Å². The number of urea groups is 1. The molecule has 0 aromatic heterocycles. The van der Waals surface area contributed by atoms with Gasteiger partial charge in [0.05, 0.1) is 5.92 Å². The summed E-state index contributed by atoms with van der Waals surface area (Å²) in [5, 5.41) is 12.8. The summed E-state index contributed by atoms with van der Waals surface area (Å²) in [5.74, 6) is -1.19. The first kappa shape index (κ1) is 14.5. The molecule has 0 bridgehead atoms. The molecule has 0 aromatic carbocycles. The minimum atomic E-state index is -0.800. The standard InChI is InChI=1S/C13H22N2O3S/c1-8-6-15(7-11(8)12(16)17)13(18)14-9-3-4-10(5-9)19-2/h8-11H,3-7H2,1-2H3,(H,14,18)(H,16,17)/t8-,9?,10?,11-/m1/s1. The van der Waals surface area contributed by atoms with Gasteiger partial charge in [-0.3, -0.25) is 4.79 Å². The summed E-state index contributed by atoms with van der Waals surface area (Å²) in [5.41, 5.74) is 0. The highest BCUT2D eigenvalue weighted by Gasteiger charge is 2.37. The Morgan fingerprint density at radius 2 is 2.05 bits per heavy atom. The third-order valence-electron chi connectivity index (χ3n) is 4.26. The Morgan fingerprint density at radius 3 is 2.58 bits per heavy atom. The predicted molar refractivity (Wildman–Crippen MR) is 75.3 cm³/mol. The second-order valence-electron chi connectivity index (χ2n) is 5.64.